The minimum Gasteiger partial charge on any atom is -0.456 e. The van der Waals surface area contributed by atoms with Crippen LogP contribution < -0.4 is 0 Å². The van der Waals surface area contributed by atoms with E-state index in [1.54, 1.807) is 0 Å². The van der Waals surface area contributed by atoms with Crippen molar-refractivity contribution in [3.05, 3.63) is 180 Å². The van der Waals surface area contributed by atoms with E-state index in [4.69, 9.17) is 18.8 Å². The minimum absolute atomic E-state index is 0.409. The Morgan fingerprint density at radius 3 is 2.00 bits per heavy atom. The summed E-state index contributed by atoms with van der Waals surface area (Å²) >= 11 is 0. The SMILES string of the molecule is C=NC(=NC(=NCc1cc2ccccc2c2ccccc12)c1cccc2oc3cccc(-c4ccc5oc6ccccc6c5c4)c3c12)c1ccccc1. The van der Waals surface area contributed by atoms with Crippen LogP contribution in [0.15, 0.2) is 188 Å². The minimum atomic E-state index is 0.409. The normalized spacial score (nSPS) is 12.5. The van der Waals surface area contributed by atoms with Gasteiger partial charge in [0.1, 0.15) is 22.3 Å². The predicted molar refractivity (Wildman–Crippen MR) is 221 cm³/mol. The van der Waals surface area contributed by atoms with Gasteiger partial charge in [-0.2, -0.15) is 0 Å². The van der Waals surface area contributed by atoms with Gasteiger partial charge < -0.3 is 8.83 Å². The molecule has 0 atom stereocenters. The summed E-state index contributed by atoms with van der Waals surface area (Å²) in [5.41, 5.74) is 8.21. The van der Waals surface area contributed by atoms with Crippen molar-refractivity contribution < 1.29 is 8.83 Å². The third-order valence-corrected chi connectivity index (χ3v) is 10.1. The monoisotopic (exact) mass is 681 g/mol. The number of para-hydroxylation sites is 1. The van der Waals surface area contributed by atoms with E-state index >= 15 is 0 Å². The summed E-state index contributed by atoms with van der Waals surface area (Å²) in [6.07, 6.45) is 0. The van der Waals surface area contributed by atoms with E-state index in [2.05, 4.69) is 103 Å². The first-order valence-corrected chi connectivity index (χ1v) is 17.6. The molecule has 2 heterocycles. The van der Waals surface area contributed by atoms with Crippen LogP contribution in [0.1, 0.15) is 16.7 Å². The van der Waals surface area contributed by atoms with Gasteiger partial charge in [-0.1, -0.05) is 127 Å². The standard InChI is InChI=1S/C48H31N3O2/c1-49-47(30-13-3-2-4-14-30)51-48(50-29-33-27-31-15-5-6-16-34(31)37-18-8-7-17-35(33)37)39-21-12-24-44-46(39)45-36(20-11-23-43(45)53-44)32-25-26-42-40(28-32)38-19-9-10-22-41(38)52-42/h2-28H,1,29H2. The topological polar surface area (TPSA) is 63.4 Å². The summed E-state index contributed by atoms with van der Waals surface area (Å²) in [4.78, 5) is 14.9. The molecule has 5 heteroatoms. The number of nitrogens with zero attached hydrogens (tertiary/aromatic N) is 3. The average Bonchev–Trinajstić information content (AvgIpc) is 3.80. The maximum Gasteiger partial charge on any atom is 0.161 e. The van der Waals surface area contributed by atoms with E-state index in [0.717, 1.165) is 71.7 Å². The fourth-order valence-electron chi connectivity index (χ4n) is 7.67. The van der Waals surface area contributed by atoms with Crippen LogP contribution in [0.4, 0.5) is 0 Å². The Bertz CT molecular complexity index is 3110. The number of amidine groups is 2. The third-order valence-electron chi connectivity index (χ3n) is 10.1. The van der Waals surface area contributed by atoms with Crippen molar-refractivity contribution in [2.24, 2.45) is 15.0 Å². The van der Waals surface area contributed by atoms with Crippen molar-refractivity contribution in [3.8, 4) is 11.1 Å². The highest BCUT2D eigenvalue weighted by molar-refractivity contribution is 6.24. The molecule has 0 aliphatic heterocycles. The van der Waals surface area contributed by atoms with Gasteiger partial charge in [0, 0.05) is 32.7 Å². The number of benzene rings is 8. The van der Waals surface area contributed by atoms with Crippen LogP contribution in [0.3, 0.4) is 0 Å². The number of fused-ring (bicyclic) bond motifs is 9. The molecule has 0 saturated heterocycles. The third kappa shape index (κ3) is 5.21. The Labute approximate surface area is 304 Å². The van der Waals surface area contributed by atoms with Crippen LogP contribution in [-0.2, 0) is 6.54 Å². The first kappa shape index (κ1) is 30.7. The van der Waals surface area contributed by atoms with E-state index in [1.165, 1.54) is 21.5 Å². The molecule has 0 spiro atoms. The molecule has 0 saturated carbocycles. The Morgan fingerprint density at radius 1 is 0.491 bits per heavy atom. The summed E-state index contributed by atoms with van der Waals surface area (Å²) < 4.78 is 12.7. The van der Waals surface area contributed by atoms with E-state index in [-0.39, 0.29) is 0 Å². The summed E-state index contributed by atoms with van der Waals surface area (Å²) in [7, 11) is 0. The van der Waals surface area contributed by atoms with Crippen molar-refractivity contribution in [3.63, 3.8) is 0 Å². The molecule has 0 bridgehead atoms. The number of furan rings is 2. The molecule has 0 fully saturated rings. The Hall–Kier alpha value is -7.11. The average molecular weight is 682 g/mol. The van der Waals surface area contributed by atoms with E-state index in [9.17, 15) is 0 Å². The molecule has 250 valence electrons. The number of hydrogen-bond donors (Lipinski definition) is 0. The molecule has 0 amide bonds. The van der Waals surface area contributed by atoms with Crippen LogP contribution in [0.25, 0.3) is 76.5 Å². The highest BCUT2D eigenvalue weighted by Crippen LogP contribution is 2.41. The second-order valence-corrected chi connectivity index (χ2v) is 13.2. The first-order valence-electron chi connectivity index (χ1n) is 17.6. The Morgan fingerprint density at radius 2 is 1.15 bits per heavy atom. The van der Waals surface area contributed by atoms with E-state index in [0.29, 0.717) is 18.2 Å². The summed E-state index contributed by atoms with van der Waals surface area (Å²) in [6, 6.07) is 56.1. The van der Waals surface area contributed by atoms with E-state index < -0.39 is 0 Å². The second-order valence-electron chi connectivity index (χ2n) is 13.2. The zero-order chi connectivity index (χ0) is 35.3. The smallest absolute Gasteiger partial charge is 0.161 e. The van der Waals surface area contributed by atoms with Gasteiger partial charge in [0.2, 0.25) is 0 Å². The number of hydrogen-bond acceptors (Lipinski definition) is 3. The van der Waals surface area contributed by atoms with Gasteiger partial charge in [-0.05, 0) is 81.4 Å². The quantitative estimate of drug-likeness (QED) is 0.103. The van der Waals surface area contributed by atoms with Gasteiger partial charge in [-0.15, -0.1) is 0 Å². The Balaban J connectivity index is 1.21. The van der Waals surface area contributed by atoms with Crippen LogP contribution in [0, 0.1) is 0 Å². The molecule has 0 unspecified atom stereocenters. The van der Waals surface area contributed by atoms with Crippen molar-refractivity contribution in [2.45, 2.75) is 6.54 Å². The molecular weight excluding hydrogens is 651 g/mol. The van der Waals surface area contributed by atoms with Crippen LogP contribution in [-0.4, -0.2) is 18.4 Å². The van der Waals surface area contributed by atoms with Gasteiger partial charge in [0.15, 0.2) is 11.7 Å². The molecule has 10 rings (SSSR count). The fourth-order valence-corrected chi connectivity index (χ4v) is 7.67. The highest BCUT2D eigenvalue weighted by Gasteiger charge is 2.20. The maximum atomic E-state index is 6.57. The maximum absolute atomic E-state index is 6.57. The lowest BCUT2D eigenvalue weighted by Crippen LogP contribution is -2.06. The molecular formula is C48H31N3O2. The first-order chi connectivity index (χ1) is 26.2. The van der Waals surface area contributed by atoms with Gasteiger partial charge >= 0.3 is 0 Å². The zero-order valence-corrected chi connectivity index (χ0v) is 28.7. The van der Waals surface area contributed by atoms with Gasteiger partial charge in [0.25, 0.3) is 0 Å². The molecule has 0 aliphatic rings. The summed E-state index contributed by atoms with van der Waals surface area (Å²) in [5.74, 6) is 1.04. The molecule has 0 radical (unpaired) electrons. The van der Waals surface area contributed by atoms with E-state index in [1.807, 2.05) is 72.8 Å². The molecule has 5 nitrogen and oxygen atoms in total. The number of aliphatic imine (C=N–C) groups is 3. The van der Waals surface area contributed by atoms with Crippen LogP contribution >= 0.6 is 0 Å². The lowest BCUT2D eigenvalue weighted by molar-refractivity contribution is 0.669. The van der Waals surface area contributed by atoms with Crippen molar-refractivity contribution in [1.29, 1.82) is 0 Å². The summed E-state index contributed by atoms with van der Waals surface area (Å²) in [5, 5.41) is 8.86. The molecule has 10 aromatic rings. The van der Waals surface area contributed by atoms with Crippen molar-refractivity contribution in [2.75, 3.05) is 0 Å². The largest absolute Gasteiger partial charge is 0.456 e. The lowest BCUT2D eigenvalue weighted by Gasteiger charge is -2.11. The zero-order valence-electron chi connectivity index (χ0n) is 28.7. The predicted octanol–water partition coefficient (Wildman–Crippen LogP) is 12.6. The molecule has 53 heavy (non-hydrogen) atoms. The van der Waals surface area contributed by atoms with Crippen LogP contribution in [0.5, 0.6) is 0 Å². The van der Waals surface area contributed by atoms with Crippen molar-refractivity contribution >= 4 is 83.8 Å². The lowest BCUT2D eigenvalue weighted by atomic mass is 9.95. The Kier molecular flexibility index (Phi) is 7.29. The highest BCUT2D eigenvalue weighted by atomic mass is 16.3. The molecule has 0 N–H and O–H groups in total. The van der Waals surface area contributed by atoms with Gasteiger partial charge in [-0.25, -0.2) is 9.98 Å². The fraction of sp³-hybridized carbons (Fsp3) is 0.0208. The van der Waals surface area contributed by atoms with Crippen LogP contribution in [0.2, 0.25) is 0 Å². The van der Waals surface area contributed by atoms with Crippen molar-refractivity contribution in [1.82, 2.24) is 0 Å². The van der Waals surface area contributed by atoms with Gasteiger partial charge in [0.05, 0.1) is 6.54 Å². The number of rotatable bonds is 5. The molecule has 8 aromatic carbocycles. The molecule has 0 aliphatic carbocycles. The summed E-state index contributed by atoms with van der Waals surface area (Å²) in [6.45, 7) is 4.32. The van der Waals surface area contributed by atoms with Gasteiger partial charge in [-0.3, -0.25) is 4.99 Å². The second kappa shape index (κ2) is 12.6. The molecule has 2 aromatic heterocycles.